The molecule has 0 bridgehead atoms. The summed E-state index contributed by atoms with van der Waals surface area (Å²) in [6, 6.07) is 8.17. The Labute approximate surface area is 195 Å². The topological polar surface area (TPSA) is 63.4 Å². The normalized spacial score (nSPS) is 17.8. The number of fused-ring (bicyclic) bond motifs is 6. The van der Waals surface area contributed by atoms with Gasteiger partial charge in [0.15, 0.2) is 10.8 Å². The van der Waals surface area contributed by atoms with Gasteiger partial charge in [0.1, 0.15) is 10.7 Å². The van der Waals surface area contributed by atoms with E-state index in [1.807, 2.05) is 34.4 Å². The largest absolute Gasteiger partial charge is 0.311 e. The van der Waals surface area contributed by atoms with Crippen LogP contribution in [-0.4, -0.2) is 37.8 Å². The van der Waals surface area contributed by atoms with E-state index in [4.69, 9.17) is 4.98 Å². The predicted molar refractivity (Wildman–Crippen MR) is 130 cm³/mol. The van der Waals surface area contributed by atoms with Gasteiger partial charge in [-0.2, -0.15) is 0 Å². The van der Waals surface area contributed by atoms with E-state index in [1.165, 1.54) is 39.6 Å². The molecule has 1 aromatic carbocycles. The highest BCUT2D eigenvalue weighted by atomic mass is 32.2. The number of aromatic nitrogens is 4. The van der Waals surface area contributed by atoms with Gasteiger partial charge in [-0.15, -0.1) is 21.5 Å². The molecule has 1 aliphatic carbocycles. The second-order valence-corrected chi connectivity index (χ2v) is 10.8. The highest BCUT2D eigenvalue weighted by molar-refractivity contribution is 7.99. The van der Waals surface area contributed by atoms with Gasteiger partial charge in [0.2, 0.25) is 5.91 Å². The van der Waals surface area contributed by atoms with Gasteiger partial charge < -0.3 is 4.90 Å². The molecule has 1 amide bonds. The van der Waals surface area contributed by atoms with Gasteiger partial charge >= 0.3 is 0 Å². The third-order valence-electron chi connectivity index (χ3n) is 6.67. The number of aryl methyl sites for hydroxylation is 2. The maximum atomic E-state index is 13.0. The summed E-state index contributed by atoms with van der Waals surface area (Å²) in [4.78, 5) is 22.5. The number of hydrogen-bond acceptors (Lipinski definition) is 6. The van der Waals surface area contributed by atoms with Crippen molar-refractivity contribution in [2.45, 2.75) is 51.1 Å². The van der Waals surface area contributed by atoms with Crippen LogP contribution in [0.2, 0.25) is 0 Å². The molecule has 0 saturated heterocycles. The molecular formula is C24H25N5OS2. The van der Waals surface area contributed by atoms with Crippen LogP contribution < -0.4 is 4.90 Å². The number of amides is 1. The van der Waals surface area contributed by atoms with E-state index in [0.717, 1.165) is 65.3 Å². The van der Waals surface area contributed by atoms with Crippen molar-refractivity contribution in [3.63, 3.8) is 0 Å². The van der Waals surface area contributed by atoms with E-state index < -0.39 is 0 Å². The Morgan fingerprint density at radius 3 is 3.00 bits per heavy atom. The summed E-state index contributed by atoms with van der Waals surface area (Å²) in [6.45, 7) is 5.19. The van der Waals surface area contributed by atoms with Crippen molar-refractivity contribution >= 4 is 50.6 Å². The molecule has 0 spiro atoms. The van der Waals surface area contributed by atoms with Crippen molar-refractivity contribution in [2.75, 3.05) is 17.2 Å². The molecule has 0 N–H and O–H groups in total. The number of nitrogens with zero attached hydrogens (tertiary/aromatic N) is 5. The second-order valence-electron chi connectivity index (χ2n) is 8.77. The average Bonchev–Trinajstić information content (AvgIpc) is 3.51. The summed E-state index contributed by atoms with van der Waals surface area (Å²) in [5.41, 5.74) is 4.61. The molecule has 0 radical (unpaired) electrons. The molecule has 32 heavy (non-hydrogen) atoms. The Hall–Kier alpha value is -2.45. The summed E-state index contributed by atoms with van der Waals surface area (Å²) in [5, 5.41) is 11.0. The van der Waals surface area contributed by atoms with Crippen molar-refractivity contribution in [3.05, 3.63) is 46.1 Å². The zero-order chi connectivity index (χ0) is 21.8. The Morgan fingerprint density at radius 2 is 2.12 bits per heavy atom. The Bertz CT molecular complexity index is 1360. The predicted octanol–water partition coefficient (Wildman–Crippen LogP) is 4.71. The molecule has 1 atom stereocenters. The van der Waals surface area contributed by atoms with E-state index in [1.54, 1.807) is 0 Å². The maximum Gasteiger partial charge on any atom is 0.237 e. The van der Waals surface area contributed by atoms with Crippen LogP contribution in [0.3, 0.4) is 0 Å². The van der Waals surface area contributed by atoms with Crippen molar-refractivity contribution in [2.24, 2.45) is 5.92 Å². The molecule has 1 aliphatic heterocycles. The number of anilines is 1. The van der Waals surface area contributed by atoms with Crippen molar-refractivity contribution in [3.8, 4) is 0 Å². The van der Waals surface area contributed by atoms with Gasteiger partial charge in [0, 0.05) is 23.5 Å². The molecule has 164 valence electrons. The quantitative estimate of drug-likeness (QED) is 0.410. The molecule has 0 saturated carbocycles. The number of thiophene rings is 1. The Balaban J connectivity index is 1.34. The molecule has 6 rings (SSSR count). The first-order chi connectivity index (χ1) is 15.6. The number of carbonyl (C=O) groups excluding carboxylic acids is 1. The van der Waals surface area contributed by atoms with E-state index in [9.17, 15) is 4.79 Å². The monoisotopic (exact) mass is 463 g/mol. The van der Waals surface area contributed by atoms with Crippen molar-refractivity contribution < 1.29 is 4.79 Å². The number of benzene rings is 1. The zero-order valence-corrected chi connectivity index (χ0v) is 19.9. The first-order valence-corrected chi connectivity index (χ1v) is 13.1. The summed E-state index contributed by atoms with van der Waals surface area (Å²) >= 11 is 3.29. The molecule has 4 aromatic rings. The lowest BCUT2D eigenvalue weighted by Gasteiger charge is -2.17. The molecule has 6 nitrogen and oxygen atoms in total. The van der Waals surface area contributed by atoms with Gasteiger partial charge in [0.25, 0.3) is 0 Å². The van der Waals surface area contributed by atoms with Gasteiger partial charge in [-0.25, -0.2) is 4.98 Å². The molecule has 0 fully saturated rings. The fourth-order valence-electron chi connectivity index (χ4n) is 5.01. The first-order valence-electron chi connectivity index (χ1n) is 11.3. The minimum Gasteiger partial charge on any atom is -0.311 e. The minimum absolute atomic E-state index is 0.116. The lowest BCUT2D eigenvalue weighted by atomic mass is 9.89. The van der Waals surface area contributed by atoms with E-state index in [-0.39, 0.29) is 5.91 Å². The first kappa shape index (κ1) is 20.2. The highest BCUT2D eigenvalue weighted by Gasteiger charge is 2.27. The van der Waals surface area contributed by atoms with Gasteiger partial charge in [0.05, 0.1) is 11.1 Å². The van der Waals surface area contributed by atoms with Gasteiger partial charge in [-0.05, 0) is 48.8 Å². The van der Waals surface area contributed by atoms with Crippen molar-refractivity contribution in [1.82, 2.24) is 19.6 Å². The molecular weight excluding hydrogens is 438 g/mol. The molecule has 2 aliphatic rings. The van der Waals surface area contributed by atoms with Crippen LogP contribution in [0.15, 0.2) is 29.4 Å². The Morgan fingerprint density at radius 1 is 1.25 bits per heavy atom. The number of rotatable bonds is 4. The van der Waals surface area contributed by atoms with Crippen LogP contribution in [0.1, 0.15) is 42.1 Å². The van der Waals surface area contributed by atoms with Crippen LogP contribution in [0.25, 0.3) is 15.9 Å². The maximum absolute atomic E-state index is 13.0. The fraction of sp³-hybridized carbons (Fsp3) is 0.417. The Kier molecular flexibility index (Phi) is 4.95. The van der Waals surface area contributed by atoms with Crippen LogP contribution in [-0.2, 0) is 30.5 Å². The smallest absolute Gasteiger partial charge is 0.237 e. The van der Waals surface area contributed by atoms with Crippen LogP contribution in [0.5, 0.6) is 0 Å². The van der Waals surface area contributed by atoms with Crippen LogP contribution in [0.4, 0.5) is 5.69 Å². The van der Waals surface area contributed by atoms with Crippen LogP contribution in [0, 0.1) is 5.92 Å². The van der Waals surface area contributed by atoms with Gasteiger partial charge in [-0.3, -0.25) is 9.20 Å². The van der Waals surface area contributed by atoms with E-state index in [0.29, 0.717) is 5.75 Å². The summed E-state index contributed by atoms with van der Waals surface area (Å²) in [6.07, 6.45) is 5.14. The summed E-state index contributed by atoms with van der Waals surface area (Å²) in [7, 11) is 0. The number of hydrogen-bond donors (Lipinski definition) is 0. The number of thioether (sulfide) groups is 1. The highest BCUT2D eigenvalue weighted by Crippen LogP contribution is 2.40. The number of para-hydroxylation sites is 1. The van der Waals surface area contributed by atoms with E-state index in [2.05, 4.69) is 34.5 Å². The minimum atomic E-state index is 0.116. The fourth-order valence-corrected chi connectivity index (χ4v) is 7.23. The lowest BCUT2D eigenvalue weighted by Crippen LogP contribution is -2.30. The van der Waals surface area contributed by atoms with Crippen molar-refractivity contribution in [1.29, 1.82) is 0 Å². The zero-order valence-electron chi connectivity index (χ0n) is 18.3. The van der Waals surface area contributed by atoms with Gasteiger partial charge in [-0.1, -0.05) is 43.8 Å². The summed E-state index contributed by atoms with van der Waals surface area (Å²) < 4.78 is 2.09. The number of carbonyl (C=O) groups is 1. The second kappa shape index (κ2) is 7.85. The molecule has 1 unspecified atom stereocenters. The molecule has 3 aromatic heterocycles. The third-order valence-corrected chi connectivity index (χ3v) is 8.73. The standard InChI is InChI=1S/C24H25N5OS2/c1-3-19-25-23-21(16-9-8-14(2)12-18(16)32-23)22-26-27-24(29(19)22)31-13-20(30)28-11-10-15-6-4-5-7-17(15)28/h4-7,14H,3,8-13H2,1-2H3. The van der Waals surface area contributed by atoms with Crippen LogP contribution >= 0.6 is 23.1 Å². The van der Waals surface area contributed by atoms with E-state index >= 15 is 0 Å². The average molecular weight is 464 g/mol. The SMILES string of the molecule is CCc1nc2sc3c(c2c2nnc(SCC(=O)N4CCc5ccccc54)n12)CCC(C)C3. The lowest BCUT2D eigenvalue weighted by molar-refractivity contribution is -0.116. The molecule has 4 heterocycles. The summed E-state index contributed by atoms with van der Waals surface area (Å²) in [5.74, 6) is 2.15. The third kappa shape index (κ3) is 3.15. The molecule has 8 heteroatoms.